The molecular formula is C22H22N2O2. The monoisotopic (exact) mass is 346 g/mol. The number of methoxy groups -OCH3 is 1. The van der Waals surface area contributed by atoms with Gasteiger partial charge in [-0.1, -0.05) is 36.4 Å². The molecule has 0 saturated carbocycles. The third kappa shape index (κ3) is 3.23. The summed E-state index contributed by atoms with van der Waals surface area (Å²) >= 11 is 0. The zero-order valence-electron chi connectivity index (χ0n) is 14.8. The lowest BCUT2D eigenvalue weighted by atomic mass is 10.0. The summed E-state index contributed by atoms with van der Waals surface area (Å²) in [5.74, 6) is 0.763. The van der Waals surface area contributed by atoms with Gasteiger partial charge in [0.05, 0.1) is 13.7 Å². The van der Waals surface area contributed by atoms with Crippen molar-refractivity contribution in [2.24, 2.45) is 0 Å². The average Bonchev–Trinajstić information content (AvgIpc) is 3.11. The van der Waals surface area contributed by atoms with Crippen LogP contribution < -0.4 is 15.4 Å². The van der Waals surface area contributed by atoms with E-state index in [9.17, 15) is 4.79 Å². The van der Waals surface area contributed by atoms with Crippen molar-refractivity contribution in [3.05, 3.63) is 71.3 Å². The van der Waals surface area contributed by atoms with Crippen LogP contribution in [0, 0.1) is 0 Å². The van der Waals surface area contributed by atoms with Crippen LogP contribution in [0.3, 0.4) is 0 Å². The maximum absolute atomic E-state index is 12.2. The molecule has 26 heavy (non-hydrogen) atoms. The Balaban J connectivity index is 1.40. The molecular weight excluding hydrogens is 324 g/mol. The summed E-state index contributed by atoms with van der Waals surface area (Å²) in [7, 11) is 1.64. The maximum Gasteiger partial charge on any atom is 0.239 e. The molecule has 4 heteroatoms. The number of nitrogens with one attached hydrogen (secondary N) is 2. The Morgan fingerprint density at radius 3 is 2.69 bits per heavy atom. The Bertz CT molecular complexity index is 955. The molecule has 1 aliphatic carbocycles. The van der Waals surface area contributed by atoms with Gasteiger partial charge < -0.3 is 15.4 Å². The molecule has 4 nitrogen and oxygen atoms in total. The largest absolute Gasteiger partial charge is 0.497 e. The number of benzene rings is 3. The number of carbonyl (C=O) groups excluding carboxylic acids is 1. The Morgan fingerprint density at radius 2 is 1.85 bits per heavy atom. The first kappa shape index (κ1) is 16.5. The van der Waals surface area contributed by atoms with Gasteiger partial charge >= 0.3 is 0 Å². The second kappa shape index (κ2) is 7.08. The Labute approximate surface area is 153 Å². The fourth-order valence-electron chi connectivity index (χ4n) is 3.62. The summed E-state index contributed by atoms with van der Waals surface area (Å²) in [6.07, 6.45) is 2.22. The molecule has 0 heterocycles. The van der Waals surface area contributed by atoms with E-state index in [2.05, 4.69) is 41.0 Å². The molecule has 3 aromatic rings. The molecule has 1 amide bonds. The lowest BCUT2D eigenvalue weighted by Crippen LogP contribution is -2.29. The fraction of sp³-hybridized carbons (Fsp3) is 0.227. The predicted molar refractivity (Wildman–Crippen MR) is 105 cm³/mol. The molecule has 0 radical (unpaired) electrons. The highest BCUT2D eigenvalue weighted by molar-refractivity contribution is 6.00. The molecule has 132 valence electrons. The van der Waals surface area contributed by atoms with Gasteiger partial charge in [-0.05, 0) is 53.1 Å². The summed E-state index contributed by atoms with van der Waals surface area (Å²) in [6, 6.07) is 18.4. The zero-order valence-corrected chi connectivity index (χ0v) is 14.8. The second-order valence-electron chi connectivity index (χ2n) is 6.59. The lowest BCUT2D eigenvalue weighted by Gasteiger charge is -2.12. The number of hydrogen-bond acceptors (Lipinski definition) is 3. The fourth-order valence-corrected chi connectivity index (χ4v) is 3.62. The van der Waals surface area contributed by atoms with Gasteiger partial charge in [0.15, 0.2) is 0 Å². The number of aryl methyl sites for hydroxylation is 2. The average molecular weight is 346 g/mol. The number of anilines is 1. The van der Waals surface area contributed by atoms with Crippen molar-refractivity contribution in [2.75, 3.05) is 19.0 Å². The SMILES string of the molecule is COc1cccc(CNC(=O)CNc2ccc3c4c(cccc24)CC3)c1. The normalized spacial score (nSPS) is 12.2. The van der Waals surface area contributed by atoms with Gasteiger partial charge in [-0.15, -0.1) is 0 Å². The third-order valence-electron chi connectivity index (χ3n) is 4.94. The number of amides is 1. The number of rotatable bonds is 6. The van der Waals surface area contributed by atoms with Gasteiger partial charge in [0.1, 0.15) is 5.75 Å². The molecule has 0 spiro atoms. The molecule has 0 saturated heterocycles. The summed E-state index contributed by atoms with van der Waals surface area (Å²) in [6.45, 7) is 0.740. The molecule has 3 aromatic carbocycles. The molecule has 0 aromatic heterocycles. The molecule has 0 unspecified atom stereocenters. The molecule has 1 aliphatic rings. The highest BCUT2D eigenvalue weighted by atomic mass is 16.5. The van der Waals surface area contributed by atoms with Crippen LogP contribution in [0.15, 0.2) is 54.6 Å². The van der Waals surface area contributed by atoms with Crippen molar-refractivity contribution in [1.29, 1.82) is 0 Å². The van der Waals surface area contributed by atoms with E-state index >= 15 is 0 Å². The van der Waals surface area contributed by atoms with Crippen molar-refractivity contribution in [1.82, 2.24) is 5.32 Å². The zero-order chi connectivity index (χ0) is 17.9. The maximum atomic E-state index is 12.2. The first-order valence-electron chi connectivity index (χ1n) is 8.91. The minimum absolute atomic E-state index is 0.0314. The molecule has 4 rings (SSSR count). The van der Waals surface area contributed by atoms with Crippen LogP contribution >= 0.6 is 0 Å². The van der Waals surface area contributed by atoms with Crippen LogP contribution in [-0.2, 0) is 24.2 Å². The Morgan fingerprint density at radius 1 is 1.04 bits per heavy atom. The topological polar surface area (TPSA) is 50.4 Å². The van der Waals surface area contributed by atoms with E-state index < -0.39 is 0 Å². The summed E-state index contributed by atoms with van der Waals surface area (Å²) in [5, 5.41) is 8.80. The van der Waals surface area contributed by atoms with E-state index in [0.29, 0.717) is 6.54 Å². The molecule has 0 bridgehead atoms. The van der Waals surface area contributed by atoms with Crippen molar-refractivity contribution in [2.45, 2.75) is 19.4 Å². The number of ether oxygens (including phenoxy) is 1. The quantitative estimate of drug-likeness (QED) is 0.716. The van der Waals surface area contributed by atoms with E-state index in [-0.39, 0.29) is 12.5 Å². The highest BCUT2D eigenvalue weighted by Gasteiger charge is 2.15. The molecule has 2 N–H and O–H groups in total. The minimum Gasteiger partial charge on any atom is -0.497 e. The van der Waals surface area contributed by atoms with Gasteiger partial charge in [0.2, 0.25) is 5.91 Å². The van der Waals surface area contributed by atoms with Crippen molar-refractivity contribution in [3.8, 4) is 5.75 Å². The van der Waals surface area contributed by atoms with Crippen LogP contribution in [-0.4, -0.2) is 19.6 Å². The van der Waals surface area contributed by atoms with E-state index in [4.69, 9.17) is 4.74 Å². The molecule has 0 atom stereocenters. The summed E-state index contributed by atoms with van der Waals surface area (Å²) in [5.41, 5.74) is 4.85. The minimum atomic E-state index is -0.0314. The lowest BCUT2D eigenvalue weighted by molar-refractivity contribution is -0.119. The van der Waals surface area contributed by atoms with Gasteiger partial charge in [-0.2, -0.15) is 0 Å². The van der Waals surface area contributed by atoms with Gasteiger partial charge in [0.25, 0.3) is 0 Å². The number of hydrogen-bond donors (Lipinski definition) is 2. The first-order chi connectivity index (χ1) is 12.7. The standard InChI is InChI=1S/C22H22N2O2/c1-26-18-6-2-4-15(12-18)13-24-21(25)14-23-20-11-10-17-9-8-16-5-3-7-19(20)22(16)17/h2-7,10-12,23H,8-9,13-14H2,1H3,(H,24,25). The van der Waals surface area contributed by atoms with Crippen LogP contribution in [0.4, 0.5) is 5.69 Å². The predicted octanol–water partition coefficient (Wildman–Crippen LogP) is 3.68. The van der Waals surface area contributed by atoms with E-state index in [1.165, 1.54) is 21.9 Å². The second-order valence-corrected chi connectivity index (χ2v) is 6.59. The van der Waals surface area contributed by atoms with Crippen LogP contribution in [0.5, 0.6) is 5.75 Å². The Kier molecular flexibility index (Phi) is 4.48. The van der Waals surface area contributed by atoms with Crippen LogP contribution in [0.25, 0.3) is 10.8 Å². The van der Waals surface area contributed by atoms with Crippen molar-refractivity contribution in [3.63, 3.8) is 0 Å². The van der Waals surface area contributed by atoms with Gasteiger partial charge in [-0.3, -0.25) is 4.79 Å². The van der Waals surface area contributed by atoms with E-state index in [1.807, 2.05) is 24.3 Å². The van der Waals surface area contributed by atoms with E-state index in [0.717, 1.165) is 29.8 Å². The van der Waals surface area contributed by atoms with Crippen LogP contribution in [0.1, 0.15) is 16.7 Å². The Hall–Kier alpha value is -3.01. The summed E-state index contributed by atoms with van der Waals surface area (Å²) in [4.78, 5) is 12.2. The smallest absolute Gasteiger partial charge is 0.239 e. The third-order valence-corrected chi connectivity index (χ3v) is 4.94. The number of carbonyl (C=O) groups is 1. The van der Waals surface area contributed by atoms with E-state index in [1.54, 1.807) is 7.11 Å². The summed E-state index contributed by atoms with van der Waals surface area (Å²) < 4.78 is 5.21. The van der Waals surface area contributed by atoms with Gasteiger partial charge in [-0.25, -0.2) is 0 Å². The van der Waals surface area contributed by atoms with Crippen molar-refractivity contribution >= 4 is 22.4 Å². The first-order valence-corrected chi connectivity index (χ1v) is 8.91. The van der Waals surface area contributed by atoms with Gasteiger partial charge in [0, 0.05) is 17.6 Å². The van der Waals surface area contributed by atoms with Crippen LogP contribution in [0.2, 0.25) is 0 Å². The molecule has 0 aliphatic heterocycles. The van der Waals surface area contributed by atoms with Crippen molar-refractivity contribution < 1.29 is 9.53 Å². The molecule has 0 fully saturated rings. The highest BCUT2D eigenvalue weighted by Crippen LogP contribution is 2.34.